The molecule has 2 rings (SSSR count). The van der Waals surface area contributed by atoms with Crippen molar-refractivity contribution in [3.63, 3.8) is 0 Å². The topological polar surface area (TPSA) is 97.1 Å². The van der Waals surface area contributed by atoms with Crippen molar-refractivity contribution in [2.75, 3.05) is 6.54 Å². The second-order valence-corrected chi connectivity index (χ2v) is 4.51. The van der Waals surface area contributed by atoms with Gasteiger partial charge in [0.1, 0.15) is 12.7 Å². The second-order valence-electron chi connectivity index (χ2n) is 4.51. The molecule has 2 aromatic rings. The quantitative estimate of drug-likeness (QED) is 0.782. The van der Waals surface area contributed by atoms with E-state index in [-0.39, 0.29) is 11.5 Å². The molecule has 0 atom stereocenters. The monoisotopic (exact) mass is 288 g/mol. The number of amides is 1. The predicted octanol–water partition coefficient (Wildman–Crippen LogP) is 0.725. The molecule has 7 heteroatoms. The summed E-state index contributed by atoms with van der Waals surface area (Å²) in [5.74, 6) is -0.990. The number of aryl methyl sites for hydroxylation is 1. The highest BCUT2D eigenvalue weighted by atomic mass is 16.4. The van der Waals surface area contributed by atoms with Gasteiger partial charge in [0.05, 0.1) is 12.1 Å². The highest BCUT2D eigenvalue weighted by Gasteiger charge is 2.04. The summed E-state index contributed by atoms with van der Waals surface area (Å²) in [6, 6.07) is 6.63. The summed E-state index contributed by atoms with van der Waals surface area (Å²) in [4.78, 5) is 26.1. The van der Waals surface area contributed by atoms with Crippen LogP contribution in [0.2, 0.25) is 0 Å². The molecule has 0 aliphatic heterocycles. The molecule has 2 N–H and O–H groups in total. The molecule has 0 unspecified atom stereocenters. The highest BCUT2D eigenvalue weighted by Crippen LogP contribution is 2.04. The van der Waals surface area contributed by atoms with Gasteiger partial charge in [-0.1, -0.05) is 12.1 Å². The van der Waals surface area contributed by atoms with Crippen molar-refractivity contribution in [2.45, 2.75) is 19.4 Å². The molecule has 0 spiro atoms. The van der Waals surface area contributed by atoms with Crippen molar-refractivity contribution in [3.05, 3.63) is 48.0 Å². The molecule has 110 valence electrons. The fourth-order valence-corrected chi connectivity index (χ4v) is 1.81. The second kappa shape index (κ2) is 7.18. The molecule has 0 aliphatic carbocycles. The van der Waals surface area contributed by atoms with E-state index in [0.29, 0.717) is 25.9 Å². The van der Waals surface area contributed by atoms with E-state index < -0.39 is 5.97 Å². The Balaban J connectivity index is 1.68. The maximum atomic E-state index is 11.6. The van der Waals surface area contributed by atoms with Crippen molar-refractivity contribution < 1.29 is 14.7 Å². The molecule has 0 radical (unpaired) electrons. The third-order valence-corrected chi connectivity index (χ3v) is 2.97. The van der Waals surface area contributed by atoms with Gasteiger partial charge in [-0.3, -0.25) is 9.48 Å². The van der Waals surface area contributed by atoms with E-state index in [1.54, 1.807) is 35.3 Å². The first-order valence-electron chi connectivity index (χ1n) is 6.56. The maximum absolute atomic E-state index is 11.6. The molecule has 7 nitrogen and oxygen atoms in total. The van der Waals surface area contributed by atoms with Crippen molar-refractivity contribution >= 4 is 11.9 Å². The minimum absolute atomic E-state index is 0.0485. The predicted molar refractivity (Wildman–Crippen MR) is 74.8 cm³/mol. The van der Waals surface area contributed by atoms with Gasteiger partial charge in [-0.25, -0.2) is 9.78 Å². The number of carboxylic acid groups (broad SMARTS) is 1. The number of benzene rings is 1. The molecule has 0 saturated heterocycles. The molecule has 21 heavy (non-hydrogen) atoms. The summed E-state index contributed by atoms with van der Waals surface area (Å²) in [5, 5.41) is 15.5. The first-order chi connectivity index (χ1) is 10.1. The normalized spacial score (nSPS) is 10.3. The summed E-state index contributed by atoms with van der Waals surface area (Å²) < 4.78 is 1.60. The van der Waals surface area contributed by atoms with Gasteiger partial charge in [-0.2, -0.15) is 5.10 Å². The van der Waals surface area contributed by atoms with Gasteiger partial charge in [0.2, 0.25) is 5.91 Å². The number of hydrogen-bond donors (Lipinski definition) is 2. The smallest absolute Gasteiger partial charge is 0.335 e. The molecule has 1 amide bonds. The molecular formula is C14H16N4O3. The molecule has 0 bridgehead atoms. The molecule has 1 heterocycles. The summed E-state index contributed by atoms with van der Waals surface area (Å²) in [5.41, 5.74) is 1.24. The zero-order valence-electron chi connectivity index (χ0n) is 11.4. The zero-order valence-corrected chi connectivity index (χ0v) is 11.4. The van der Waals surface area contributed by atoms with Crippen molar-refractivity contribution in [1.82, 2.24) is 20.1 Å². The van der Waals surface area contributed by atoms with Gasteiger partial charge in [0.15, 0.2) is 0 Å². The van der Waals surface area contributed by atoms with Crippen LogP contribution in [0, 0.1) is 0 Å². The summed E-state index contributed by atoms with van der Waals surface area (Å²) >= 11 is 0. The fourth-order valence-electron chi connectivity index (χ4n) is 1.81. The Kier molecular flexibility index (Phi) is 5.03. The van der Waals surface area contributed by atoms with Crippen LogP contribution in [-0.2, 0) is 17.8 Å². The minimum Gasteiger partial charge on any atom is -0.478 e. The zero-order chi connectivity index (χ0) is 15.1. The fraction of sp³-hybridized carbons (Fsp3) is 0.286. The number of rotatable bonds is 7. The summed E-state index contributed by atoms with van der Waals surface area (Å²) in [7, 11) is 0. The van der Waals surface area contributed by atoms with Crippen LogP contribution in [0.3, 0.4) is 0 Å². The van der Waals surface area contributed by atoms with Crippen LogP contribution in [0.4, 0.5) is 0 Å². The van der Waals surface area contributed by atoms with E-state index in [0.717, 1.165) is 5.56 Å². The van der Waals surface area contributed by atoms with E-state index in [4.69, 9.17) is 5.11 Å². The highest BCUT2D eigenvalue weighted by molar-refractivity contribution is 5.87. The molecule has 0 fully saturated rings. The van der Waals surface area contributed by atoms with Crippen LogP contribution in [0.15, 0.2) is 36.9 Å². The Hall–Kier alpha value is -2.70. The van der Waals surface area contributed by atoms with Crippen LogP contribution in [0.25, 0.3) is 0 Å². The molecule has 1 aromatic carbocycles. The number of hydrogen-bond acceptors (Lipinski definition) is 4. The number of carboxylic acids is 1. The number of carbonyl (C=O) groups is 2. The Morgan fingerprint density at radius 2 is 2.00 bits per heavy atom. The molecule has 1 aromatic heterocycles. The van der Waals surface area contributed by atoms with Crippen LogP contribution in [0.1, 0.15) is 22.3 Å². The lowest BCUT2D eigenvalue weighted by atomic mass is 10.1. The number of nitrogens with zero attached hydrogens (tertiary/aromatic N) is 3. The maximum Gasteiger partial charge on any atom is 0.335 e. The minimum atomic E-state index is -0.942. The van der Waals surface area contributed by atoms with Crippen LogP contribution >= 0.6 is 0 Å². The third kappa shape index (κ3) is 4.72. The van der Waals surface area contributed by atoms with E-state index in [2.05, 4.69) is 15.4 Å². The molecule has 0 saturated carbocycles. The Bertz CT molecular complexity index is 593. The average molecular weight is 288 g/mol. The number of aromatic nitrogens is 3. The van der Waals surface area contributed by atoms with Gasteiger partial charge >= 0.3 is 5.97 Å². The van der Waals surface area contributed by atoms with Crippen LogP contribution in [0.5, 0.6) is 0 Å². The van der Waals surface area contributed by atoms with Gasteiger partial charge in [0, 0.05) is 13.0 Å². The molecule has 0 aliphatic rings. The van der Waals surface area contributed by atoms with Crippen molar-refractivity contribution in [1.29, 1.82) is 0 Å². The van der Waals surface area contributed by atoms with E-state index in [9.17, 15) is 9.59 Å². The number of nitrogens with one attached hydrogen (secondary N) is 1. The van der Waals surface area contributed by atoms with Crippen molar-refractivity contribution in [3.8, 4) is 0 Å². The lowest BCUT2D eigenvalue weighted by molar-refractivity contribution is -0.121. The Labute approximate surface area is 121 Å². The Morgan fingerprint density at radius 3 is 2.62 bits per heavy atom. The first-order valence-corrected chi connectivity index (χ1v) is 6.56. The van der Waals surface area contributed by atoms with E-state index in [1.165, 1.54) is 6.33 Å². The first kappa shape index (κ1) is 14.7. The SMILES string of the molecule is O=C(CCn1cncn1)NCCc1ccc(C(=O)O)cc1. The van der Waals surface area contributed by atoms with Gasteiger partial charge in [-0.15, -0.1) is 0 Å². The van der Waals surface area contributed by atoms with Crippen LogP contribution in [-0.4, -0.2) is 38.3 Å². The standard InChI is InChI=1S/C14H16N4O3/c19-13(6-8-18-10-15-9-17-18)16-7-5-11-1-3-12(4-2-11)14(20)21/h1-4,9-10H,5-8H2,(H,16,19)(H,20,21). The number of carbonyl (C=O) groups excluding carboxylic acids is 1. The van der Waals surface area contributed by atoms with Crippen molar-refractivity contribution in [2.24, 2.45) is 0 Å². The summed E-state index contributed by atoms with van der Waals surface area (Å²) in [6.45, 7) is 1.02. The van der Waals surface area contributed by atoms with E-state index >= 15 is 0 Å². The lowest BCUT2D eigenvalue weighted by Gasteiger charge is -2.06. The number of aromatic carboxylic acids is 1. The third-order valence-electron chi connectivity index (χ3n) is 2.97. The Morgan fingerprint density at radius 1 is 1.24 bits per heavy atom. The largest absolute Gasteiger partial charge is 0.478 e. The lowest BCUT2D eigenvalue weighted by Crippen LogP contribution is -2.26. The average Bonchev–Trinajstić information content (AvgIpc) is 2.99. The van der Waals surface area contributed by atoms with E-state index in [1.807, 2.05) is 0 Å². The van der Waals surface area contributed by atoms with Gasteiger partial charge in [0.25, 0.3) is 0 Å². The van der Waals surface area contributed by atoms with Gasteiger partial charge < -0.3 is 10.4 Å². The molecular weight excluding hydrogens is 272 g/mol. The van der Waals surface area contributed by atoms with Gasteiger partial charge in [-0.05, 0) is 24.1 Å². The van der Waals surface area contributed by atoms with Crippen LogP contribution < -0.4 is 5.32 Å². The summed E-state index contributed by atoms with van der Waals surface area (Å²) in [6.07, 6.45) is 4.01.